The van der Waals surface area contributed by atoms with E-state index in [1.165, 1.54) is 4.90 Å². The van der Waals surface area contributed by atoms with Gasteiger partial charge in [0, 0.05) is 19.5 Å². The van der Waals surface area contributed by atoms with Gasteiger partial charge in [-0.25, -0.2) is 18.4 Å². The van der Waals surface area contributed by atoms with E-state index in [9.17, 15) is 28.0 Å². The van der Waals surface area contributed by atoms with E-state index < -0.39 is 53.3 Å². The Morgan fingerprint density at radius 2 is 1.90 bits per heavy atom. The zero-order chi connectivity index (χ0) is 21.4. The maximum absolute atomic E-state index is 13.5. The van der Waals surface area contributed by atoms with Crippen molar-refractivity contribution >= 4 is 23.9 Å². The minimum atomic E-state index is -3.21. The number of nitrogens with one attached hydrogen (secondary N) is 4. The lowest BCUT2D eigenvalue weighted by Crippen LogP contribution is -2.59. The van der Waals surface area contributed by atoms with E-state index in [1.807, 2.05) is 6.07 Å². The molecule has 0 aromatic carbocycles. The second-order valence-corrected chi connectivity index (χ2v) is 7.94. The highest BCUT2D eigenvalue weighted by Crippen LogP contribution is 2.34. The second-order valence-electron chi connectivity index (χ2n) is 7.94. The number of nitriles is 1. The number of carbonyl (C=O) groups excluding carboxylic acids is 4. The lowest BCUT2D eigenvalue weighted by Gasteiger charge is -2.37. The van der Waals surface area contributed by atoms with Crippen LogP contribution < -0.4 is 21.3 Å². The molecule has 29 heavy (non-hydrogen) atoms. The summed E-state index contributed by atoms with van der Waals surface area (Å²) in [6, 6.07) is -0.899. The zero-order valence-corrected chi connectivity index (χ0v) is 15.8. The summed E-state index contributed by atoms with van der Waals surface area (Å²) in [4.78, 5) is 49.6. The van der Waals surface area contributed by atoms with E-state index in [1.54, 1.807) is 0 Å². The van der Waals surface area contributed by atoms with Crippen molar-refractivity contribution in [2.75, 3.05) is 13.1 Å². The van der Waals surface area contributed by atoms with Crippen molar-refractivity contribution in [2.45, 2.75) is 62.1 Å². The van der Waals surface area contributed by atoms with Crippen molar-refractivity contribution in [1.82, 2.24) is 26.2 Å². The molecule has 0 radical (unpaired) electrons. The first-order chi connectivity index (χ1) is 13.5. The fraction of sp³-hybridized carbons (Fsp3) is 0.706. The third kappa shape index (κ3) is 4.55. The topological polar surface area (TPSA) is 143 Å². The Morgan fingerprint density at radius 3 is 2.34 bits per heavy atom. The van der Waals surface area contributed by atoms with E-state index in [2.05, 4.69) is 21.3 Å². The van der Waals surface area contributed by atoms with Crippen LogP contribution in [0.15, 0.2) is 0 Å². The van der Waals surface area contributed by atoms with Gasteiger partial charge in [0.15, 0.2) is 0 Å². The summed E-state index contributed by atoms with van der Waals surface area (Å²) < 4.78 is 27.1. The van der Waals surface area contributed by atoms with E-state index in [0.717, 1.165) is 0 Å². The van der Waals surface area contributed by atoms with Crippen molar-refractivity contribution < 1.29 is 28.0 Å². The number of nitrogens with zero attached hydrogens (tertiary/aromatic N) is 2. The molecule has 12 heteroatoms. The maximum Gasteiger partial charge on any atom is 0.322 e. The van der Waals surface area contributed by atoms with Crippen molar-refractivity contribution in [1.29, 1.82) is 5.26 Å². The van der Waals surface area contributed by atoms with E-state index in [4.69, 9.17) is 5.26 Å². The van der Waals surface area contributed by atoms with Crippen LogP contribution in [0.4, 0.5) is 18.4 Å². The summed E-state index contributed by atoms with van der Waals surface area (Å²) in [5.41, 5.74) is -2.12. The summed E-state index contributed by atoms with van der Waals surface area (Å²) in [7, 11) is 0. The Labute approximate surface area is 165 Å². The summed E-state index contributed by atoms with van der Waals surface area (Å²) in [5, 5.41) is 18.5. The van der Waals surface area contributed by atoms with Gasteiger partial charge in [-0.05, 0) is 32.6 Å². The molecule has 1 aliphatic carbocycles. The Kier molecular flexibility index (Phi) is 5.10. The third-order valence-corrected chi connectivity index (χ3v) is 5.42. The minimum Gasteiger partial charge on any atom is -0.336 e. The Bertz CT molecular complexity index is 778. The molecule has 2 heterocycles. The molecule has 2 saturated heterocycles. The first-order valence-corrected chi connectivity index (χ1v) is 9.28. The monoisotopic (exact) mass is 412 g/mol. The largest absolute Gasteiger partial charge is 0.336 e. The Morgan fingerprint density at radius 1 is 1.28 bits per heavy atom. The summed E-state index contributed by atoms with van der Waals surface area (Å²) in [6.07, 6.45) is 0.274. The van der Waals surface area contributed by atoms with Gasteiger partial charge in [0.25, 0.3) is 5.91 Å². The molecule has 4 N–H and O–H groups in total. The van der Waals surface area contributed by atoms with E-state index in [0.29, 0.717) is 19.8 Å². The quantitative estimate of drug-likeness (QED) is 0.469. The Balaban J connectivity index is 1.61. The van der Waals surface area contributed by atoms with Crippen LogP contribution in [0, 0.1) is 11.3 Å². The molecule has 1 spiro atoms. The predicted octanol–water partition coefficient (Wildman–Crippen LogP) is -0.0437. The SMILES string of the molecule is CC(F)(F)C[C@H](NC(=O)N1CCC2(CC1)NC(=O)NC2=O)C(=O)NC1(C#N)CC1. The zero-order valence-electron chi connectivity index (χ0n) is 15.8. The molecular formula is C17H22F2N6O4. The lowest BCUT2D eigenvalue weighted by atomic mass is 9.88. The number of halogens is 2. The first-order valence-electron chi connectivity index (χ1n) is 9.28. The van der Waals surface area contributed by atoms with Crippen LogP contribution in [-0.2, 0) is 9.59 Å². The van der Waals surface area contributed by atoms with Crippen molar-refractivity contribution in [3.8, 4) is 6.07 Å². The Hall–Kier alpha value is -2.97. The minimum absolute atomic E-state index is 0.0958. The fourth-order valence-corrected chi connectivity index (χ4v) is 3.49. The second kappa shape index (κ2) is 7.13. The van der Waals surface area contributed by atoms with Gasteiger partial charge in [0.1, 0.15) is 17.1 Å². The third-order valence-electron chi connectivity index (χ3n) is 5.42. The maximum atomic E-state index is 13.5. The van der Waals surface area contributed by atoms with Gasteiger partial charge in [-0.1, -0.05) is 0 Å². The molecule has 3 aliphatic rings. The summed E-state index contributed by atoms with van der Waals surface area (Å²) in [6.45, 7) is 0.833. The molecule has 0 bridgehead atoms. The molecule has 3 rings (SSSR count). The van der Waals surface area contributed by atoms with Crippen molar-refractivity contribution in [3.63, 3.8) is 0 Å². The van der Waals surface area contributed by atoms with E-state index >= 15 is 0 Å². The highest BCUT2D eigenvalue weighted by atomic mass is 19.3. The average Bonchev–Trinajstić information content (AvgIpc) is 3.34. The van der Waals surface area contributed by atoms with Gasteiger partial charge in [0.2, 0.25) is 11.8 Å². The number of hydrogen-bond donors (Lipinski definition) is 4. The van der Waals surface area contributed by atoms with Crippen LogP contribution in [0.25, 0.3) is 0 Å². The van der Waals surface area contributed by atoms with Crippen LogP contribution in [0.1, 0.15) is 39.0 Å². The molecule has 10 nitrogen and oxygen atoms in total. The number of amides is 6. The summed E-state index contributed by atoms with van der Waals surface area (Å²) >= 11 is 0. The lowest BCUT2D eigenvalue weighted by molar-refractivity contribution is -0.126. The summed E-state index contributed by atoms with van der Waals surface area (Å²) in [5.74, 6) is -4.51. The van der Waals surface area contributed by atoms with Crippen LogP contribution in [-0.4, -0.2) is 64.9 Å². The predicted molar refractivity (Wildman–Crippen MR) is 93.5 cm³/mol. The number of piperidine rings is 1. The highest BCUT2D eigenvalue weighted by molar-refractivity contribution is 6.07. The number of carbonyl (C=O) groups is 4. The molecule has 0 unspecified atom stereocenters. The van der Waals surface area contributed by atoms with Gasteiger partial charge in [-0.15, -0.1) is 0 Å². The molecular weight excluding hydrogens is 390 g/mol. The van der Waals surface area contributed by atoms with Gasteiger partial charge in [-0.3, -0.25) is 14.9 Å². The number of alkyl halides is 2. The van der Waals surface area contributed by atoms with Crippen LogP contribution in [0.5, 0.6) is 0 Å². The average molecular weight is 412 g/mol. The molecule has 1 atom stereocenters. The van der Waals surface area contributed by atoms with Crippen LogP contribution in [0.3, 0.4) is 0 Å². The fourth-order valence-electron chi connectivity index (χ4n) is 3.49. The normalized spacial score (nSPS) is 22.9. The first kappa shape index (κ1) is 20.8. The van der Waals surface area contributed by atoms with Gasteiger partial charge < -0.3 is 20.9 Å². The number of urea groups is 2. The number of rotatable bonds is 5. The van der Waals surface area contributed by atoms with E-state index in [-0.39, 0.29) is 25.9 Å². The molecule has 6 amide bonds. The van der Waals surface area contributed by atoms with Crippen LogP contribution in [0.2, 0.25) is 0 Å². The number of likely N-dealkylation sites (tertiary alicyclic amines) is 1. The number of hydrogen-bond acceptors (Lipinski definition) is 5. The van der Waals surface area contributed by atoms with Gasteiger partial charge in [-0.2, -0.15) is 5.26 Å². The number of imide groups is 1. The molecule has 2 aliphatic heterocycles. The van der Waals surface area contributed by atoms with Crippen molar-refractivity contribution in [2.24, 2.45) is 0 Å². The molecule has 158 valence electrons. The van der Waals surface area contributed by atoms with Gasteiger partial charge in [0.05, 0.1) is 6.07 Å². The molecule has 3 fully saturated rings. The van der Waals surface area contributed by atoms with Gasteiger partial charge >= 0.3 is 12.1 Å². The smallest absolute Gasteiger partial charge is 0.322 e. The molecule has 0 aromatic heterocycles. The molecule has 0 aromatic rings. The standard InChI is InChI=1S/C17H22F2N6O4/c1-15(18,19)8-10(11(26)23-16(9-20)2-3-16)21-14(29)25-6-4-17(5-7-25)12(27)22-13(28)24-17/h10H,2-8H2,1H3,(H,21,29)(H,23,26)(H2,22,24,27,28)/t10-/m0/s1. The highest BCUT2D eigenvalue weighted by Gasteiger charge is 2.49. The van der Waals surface area contributed by atoms with Crippen molar-refractivity contribution in [3.05, 3.63) is 0 Å². The van der Waals surface area contributed by atoms with Crippen LogP contribution >= 0.6 is 0 Å². The molecule has 1 saturated carbocycles.